The van der Waals surface area contributed by atoms with E-state index in [2.05, 4.69) is 0 Å². The lowest BCUT2D eigenvalue weighted by atomic mass is 9.81. The van der Waals surface area contributed by atoms with Gasteiger partial charge in [0.15, 0.2) is 0 Å². The Morgan fingerprint density at radius 3 is 2.12 bits per heavy atom. The van der Waals surface area contributed by atoms with Crippen LogP contribution < -0.4 is 0 Å². The van der Waals surface area contributed by atoms with Gasteiger partial charge in [-0.3, -0.25) is 0 Å². The van der Waals surface area contributed by atoms with E-state index >= 15 is 0 Å². The van der Waals surface area contributed by atoms with E-state index in [4.69, 9.17) is 0 Å². The third-order valence-electron chi connectivity index (χ3n) is 3.66. The zero-order valence-corrected chi connectivity index (χ0v) is 11.2. The molecule has 1 rings (SSSR count). The van der Waals surface area contributed by atoms with Gasteiger partial charge in [0.05, 0.1) is 11.7 Å². The van der Waals surface area contributed by atoms with Crippen molar-refractivity contribution >= 4 is 0 Å². The molecular formula is C15H24O2. The number of hydrogen-bond acceptors (Lipinski definition) is 2. The van der Waals surface area contributed by atoms with E-state index in [0.29, 0.717) is 6.42 Å². The second kappa shape index (κ2) is 5.65. The lowest BCUT2D eigenvalue weighted by Crippen LogP contribution is -2.34. The number of aliphatic hydroxyl groups excluding tert-OH is 1. The molecule has 0 saturated carbocycles. The van der Waals surface area contributed by atoms with Gasteiger partial charge in [0.1, 0.15) is 0 Å². The summed E-state index contributed by atoms with van der Waals surface area (Å²) in [5, 5.41) is 20.5. The van der Waals surface area contributed by atoms with Gasteiger partial charge in [0.25, 0.3) is 0 Å². The Bertz CT molecular complexity index is 330. The molecule has 0 amide bonds. The van der Waals surface area contributed by atoms with Crippen LogP contribution >= 0.6 is 0 Å². The fourth-order valence-electron chi connectivity index (χ4n) is 1.98. The van der Waals surface area contributed by atoms with Crippen LogP contribution in [0.2, 0.25) is 0 Å². The van der Waals surface area contributed by atoms with Crippen molar-refractivity contribution in [2.75, 3.05) is 0 Å². The minimum absolute atomic E-state index is 0.0369. The first-order valence-corrected chi connectivity index (χ1v) is 6.30. The summed E-state index contributed by atoms with van der Waals surface area (Å²) in [5.41, 5.74) is 0.189. The van der Waals surface area contributed by atoms with Crippen LogP contribution in [0.15, 0.2) is 30.3 Å². The average Bonchev–Trinajstić information content (AvgIpc) is 2.28. The summed E-state index contributed by atoms with van der Waals surface area (Å²) in [6.07, 6.45) is 0.0854. The van der Waals surface area contributed by atoms with E-state index in [1.165, 1.54) is 0 Å². The van der Waals surface area contributed by atoms with Gasteiger partial charge in [-0.2, -0.15) is 0 Å². The fraction of sp³-hybridized carbons (Fsp3) is 0.600. The first-order chi connectivity index (χ1) is 7.84. The predicted octanol–water partition coefficient (Wildman–Crippen LogP) is 3.15. The molecule has 2 nitrogen and oxygen atoms in total. The molecule has 0 heterocycles. The second-order valence-electron chi connectivity index (χ2n) is 5.55. The van der Waals surface area contributed by atoms with Crippen molar-refractivity contribution in [3.8, 4) is 0 Å². The SMILES string of the molecule is CC(CC(C)(O)C(C)C)C(O)c1ccccc1. The maximum atomic E-state index is 10.2. The molecule has 17 heavy (non-hydrogen) atoms. The summed E-state index contributed by atoms with van der Waals surface area (Å²) in [4.78, 5) is 0. The zero-order chi connectivity index (χ0) is 13.1. The molecule has 0 aliphatic heterocycles. The van der Waals surface area contributed by atoms with Crippen molar-refractivity contribution in [3.05, 3.63) is 35.9 Å². The number of rotatable bonds is 5. The fourth-order valence-corrected chi connectivity index (χ4v) is 1.98. The Balaban J connectivity index is 2.68. The molecule has 0 saturated heterocycles. The molecule has 3 atom stereocenters. The van der Waals surface area contributed by atoms with Crippen molar-refractivity contribution in [1.82, 2.24) is 0 Å². The quantitative estimate of drug-likeness (QED) is 0.824. The van der Waals surface area contributed by atoms with E-state index < -0.39 is 11.7 Å². The lowest BCUT2D eigenvalue weighted by molar-refractivity contribution is -0.0282. The summed E-state index contributed by atoms with van der Waals surface area (Å²) >= 11 is 0. The highest BCUT2D eigenvalue weighted by Gasteiger charge is 2.30. The molecule has 0 spiro atoms. The highest BCUT2D eigenvalue weighted by molar-refractivity contribution is 5.17. The first kappa shape index (κ1) is 14.2. The Morgan fingerprint density at radius 2 is 1.65 bits per heavy atom. The average molecular weight is 236 g/mol. The summed E-state index contributed by atoms with van der Waals surface area (Å²) in [7, 11) is 0. The van der Waals surface area contributed by atoms with Gasteiger partial charge in [-0.15, -0.1) is 0 Å². The van der Waals surface area contributed by atoms with Gasteiger partial charge >= 0.3 is 0 Å². The van der Waals surface area contributed by atoms with Gasteiger partial charge in [0, 0.05) is 0 Å². The Hall–Kier alpha value is -0.860. The molecule has 96 valence electrons. The Kier molecular flexibility index (Phi) is 4.72. The monoisotopic (exact) mass is 236 g/mol. The molecule has 0 bridgehead atoms. The summed E-state index contributed by atoms with van der Waals surface area (Å²) in [5.74, 6) is 0.225. The normalized spacial score (nSPS) is 18.8. The van der Waals surface area contributed by atoms with Gasteiger partial charge in [-0.25, -0.2) is 0 Å². The molecular weight excluding hydrogens is 212 g/mol. The second-order valence-corrected chi connectivity index (χ2v) is 5.55. The highest BCUT2D eigenvalue weighted by Crippen LogP contribution is 2.31. The Labute approximate surface area is 104 Å². The standard InChI is InChI=1S/C15H24O2/c1-11(2)15(4,17)10-12(3)14(16)13-8-6-5-7-9-13/h5-9,11-12,14,16-17H,10H2,1-4H3. The minimum Gasteiger partial charge on any atom is -0.390 e. The first-order valence-electron chi connectivity index (χ1n) is 6.30. The molecule has 0 aliphatic rings. The van der Waals surface area contributed by atoms with Crippen molar-refractivity contribution < 1.29 is 10.2 Å². The van der Waals surface area contributed by atoms with Crippen LogP contribution in [-0.4, -0.2) is 15.8 Å². The third kappa shape index (κ3) is 3.83. The molecule has 0 aromatic heterocycles. The van der Waals surface area contributed by atoms with Gasteiger partial charge in [-0.1, -0.05) is 51.1 Å². The van der Waals surface area contributed by atoms with Crippen LogP contribution in [0.4, 0.5) is 0 Å². The summed E-state index contributed by atoms with van der Waals surface area (Å²) in [6, 6.07) is 9.62. The number of benzene rings is 1. The number of aliphatic hydroxyl groups is 2. The highest BCUT2D eigenvalue weighted by atomic mass is 16.3. The van der Waals surface area contributed by atoms with Gasteiger partial charge < -0.3 is 10.2 Å². The number of hydrogen-bond donors (Lipinski definition) is 2. The van der Waals surface area contributed by atoms with E-state index in [1.807, 2.05) is 58.0 Å². The molecule has 0 radical (unpaired) electrons. The van der Waals surface area contributed by atoms with Crippen molar-refractivity contribution in [2.24, 2.45) is 11.8 Å². The van der Waals surface area contributed by atoms with Crippen LogP contribution in [0.3, 0.4) is 0 Å². The summed E-state index contributed by atoms with van der Waals surface area (Å²) < 4.78 is 0. The van der Waals surface area contributed by atoms with E-state index in [0.717, 1.165) is 5.56 Å². The molecule has 3 unspecified atom stereocenters. The van der Waals surface area contributed by atoms with Crippen LogP contribution in [0.5, 0.6) is 0 Å². The van der Waals surface area contributed by atoms with Gasteiger partial charge in [0.2, 0.25) is 0 Å². The van der Waals surface area contributed by atoms with Crippen LogP contribution in [0, 0.1) is 11.8 Å². The maximum absolute atomic E-state index is 10.2. The molecule has 2 N–H and O–H groups in total. The molecule has 0 aliphatic carbocycles. The van der Waals surface area contributed by atoms with E-state index in [9.17, 15) is 10.2 Å². The van der Waals surface area contributed by atoms with Crippen LogP contribution in [0.25, 0.3) is 0 Å². The van der Waals surface area contributed by atoms with Crippen molar-refractivity contribution in [3.63, 3.8) is 0 Å². The topological polar surface area (TPSA) is 40.5 Å². The van der Waals surface area contributed by atoms with Gasteiger partial charge in [-0.05, 0) is 30.7 Å². The largest absolute Gasteiger partial charge is 0.390 e. The smallest absolute Gasteiger partial charge is 0.0816 e. The zero-order valence-electron chi connectivity index (χ0n) is 11.2. The molecule has 2 heteroatoms. The molecule has 1 aromatic carbocycles. The summed E-state index contributed by atoms with van der Waals surface area (Å²) in [6.45, 7) is 7.82. The van der Waals surface area contributed by atoms with Crippen LogP contribution in [-0.2, 0) is 0 Å². The van der Waals surface area contributed by atoms with E-state index in [-0.39, 0.29) is 11.8 Å². The minimum atomic E-state index is -0.727. The van der Waals surface area contributed by atoms with Crippen molar-refractivity contribution in [1.29, 1.82) is 0 Å². The lowest BCUT2D eigenvalue weighted by Gasteiger charge is -2.32. The molecule has 1 aromatic rings. The molecule has 0 fully saturated rings. The Morgan fingerprint density at radius 1 is 1.12 bits per heavy atom. The van der Waals surface area contributed by atoms with Crippen LogP contribution in [0.1, 0.15) is 45.8 Å². The van der Waals surface area contributed by atoms with E-state index in [1.54, 1.807) is 0 Å². The third-order valence-corrected chi connectivity index (χ3v) is 3.66. The van der Waals surface area contributed by atoms with Crippen molar-refractivity contribution in [2.45, 2.75) is 45.8 Å². The predicted molar refractivity (Wildman–Crippen MR) is 70.6 cm³/mol. The maximum Gasteiger partial charge on any atom is 0.0816 e.